The van der Waals surface area contributed by atoms with E-state index in [0.717, 1.165) is 22.2 Å². The Labute approximate surface area is 170 Å². The van der Waals surface area contributed by atoms with Crippen LogP contribution in [0.1, 0.15) is 36.3 Å². The zero-order valence-electron chi connectivity index (χ0n) is 17.1. The van der Waals surface area contributed by atoms with E-state index in [1.807, 2.05) is 63.2 Å². The Morgan fingerprint density at radius 2 is 1.83 bits per heavy atom. The van der Waals surface area contributed by atoms with Gasteiger partial charge in [0.1, 0.15) is 23.2 Å². The molecule has 0 spiro atoms. The zero-order valence-corrected chi connectivity index (χ0v) is 17.1. The monoisotopic (exact) mass is 394 g/mol. The largest absolute Gasteiger partial charge is 0.467 e. The van der Waals surface area contributed by atoms with E-state index in [-0.39, 0.29) is 11.8 Å². The van der Waals surface area contributed by atoms with E-state index < -0.39 is 12.0 Å². The number of ether oxygens (including phenoxy) is 2. The number of benzene rings is 2. The third-order valence-corrected chi connectivity index (χ3v) is 4.56. The summed E-state index contributed by atoms with van der Waals surface area (Å²) in [7, 11) is 1.32. The summed E-state index contributed by atoms with van der Waals surface area (Å²) in [6.07, 6.45) is 0.507. The van der Waals surface area contributed by atoms with Crippen molar-refractivity contribution >= 4 is 22.8 Å². The van der Waals surface area contributed by atoms with Gasteiger partial charge in [-0.1, -0.05) is 26.0 Å². The maximum atomic E-state index is 12.7. The predicted molar refractivity (Wildman–Crippen MR) is 112 cm³/mol. The summed E-state index contributed by atoms with van der Waals surface area (Å²) in [6, 6.07) is 14.5. The van der Waals surface area contributed by atoms with Gasteiger partial charge in [-0.05, 0) is 61.2 Å². The van der Waals surface area contributed by atoms with Gasteiger partial charge in [0.25, 0.3) is 5.91 Å². The van der Waals surface area contributed by atoms with E-state index in [4.69, 9.17) is 9.47 Å². The van der Waals surface area contributed by atoms with Crippen LogP contribution in [0.25, 0.3) is 10.9 Å². The molecule has 152 valence electrons. The Hall–Kier alpha value is -3.28. The minimum atomic E-state index is -0.681. The molecule has 0 aliphatic rings. The van der Waals surface area contributed by atoms with Crippen molar-refractivity contribution in [3.8, 4) is 11.5 Å². The van der Waals surface area contributed by atoms with Crippen molar-refractivity contribution in [3.63, 3.8) is 0 Å². The van der Waals surface area contributed by atoms with Gasteiger partial charge in [0.15, 0.2) is 0 Å². The third kappa shape index (κ3) is 5.16. The number of aromatic amines is 1. The van der Waals surface area contributed by atoms with Crippen LogP contribution in [0.3, 0.4) is 0 Å². The molecule has 0 unspecified atom stereocenters. The second-order valence-corrected chi connectivity index (χ2v) is 7.53. The summed E-state index contributed by atoms with van der Waals surface area (Å²) in [5.41, 5.74) is 2.31. The van der Waals surface area contributed by atoms with Gasteiger partial charge in [0, 0.05) is 10.9 Å². The maximum Gasteiger partial charge on any atom is 0.328 e. The van der Waals surface area contributed by atoms with Gasteiger partial charge < -0.3 is 19.8 Å². The molecule has 0 aliphatic heterocycles. The van der Waals surface area contributed by atoms with Gasteiger partial charge in [0.05, 0.1) is 7.11 Å². The summed E-state index contributed by atoms with van der Waals surface area (Å²) < 4.78 is 10.7. The zero-order chi connectivity index (χ0) is 21.0. The number of esters is 1. The van der Waals surface area contributed by atoms with Gasteiger partial charge in [-0.15, -0.1) is 0 Å². The number of amides is 1. The van der Waals surface area contributed by atoms with Gasteiger partial charge in [-0.2, -0.15) is 0 Å². The average molecular weight is 394 g/mol. The Balaban J connectivity index is 1.78. The highest BCUT2D eigenvalue weighted by Crippen LogP contribution is 2.26. The predicted octanol–water partition coefficient (Wildman–Crippen LogP) is 4.59. The minimum absolute atomic E-state index is 0.239. The van der Waals surface area contributed by atoms with Crippen LogP contribution in [-0.4, -0.2) is 30.0 Å². The van der Waals surface area contributed by atoms with Gasteiger partial charge in [-0.3, -0.25) is 4.79 Å². The molecule has 2 aromatic carbocycles. The fraction of sp³-hybridized carbons (Fsp3) is 0.304. The lowest BCUT2D eigenvalue weighted by atomic mass is 10.0. The first-order chi connectivity index (χ1) is 13.9. The van der Waals surface area contributed by atoms with Crippen LogP contribution >= 0.6 is 0 Å². The fourth-order valence-corrected chi connectivity index (χ4v) is 3.18. The van der Waals surface area contributed by atoms with Crippen molar-refractivity contribution in [3.05, 3.63) is 59.8 Å². The molecular formula is C23H26N2O4. The maximum absolute atomic E-state index is 12.7. The van der Waals surface area contributed by atoms with Crippen molar-refractivity contribution in [2.45, 2.75) is 33.2 Å². The number of methoxy groups -OCH3 is 1. The molecule has 1 amide bonds. The number of aromatic nitrogens is 1. The van der Waals surface area contributed by atoms with Gasteiger partial charge in [-0.25, -0.2) is 4.79 Å². The molecular weight excluding hydrogens is 368 g/mol. The van der Waals surface area contributed by atoms with E-state index in [9.17, 15) is 9.59 Å². The minimum Gasteiger partial charge on any atom is -0.467 e. The molecule has 0 saturated carbocycles. The quantitative estimate of drug-likeness (QED) is 0.575. The van der Waals surface area contributed by atoms with Crippen LogP contribution in [0, 0.1) is 12.8 Å². The molecule has 1 atom stereocenters. The molecule has 0 bridgehead atoms. The van der Waals surface area contributed by atoms with E-state index in [1.54, 1.807) is 6.07 Å². The standard InChI is InChI=1S/C23H26N2O4/c1-14(2)10-21(23(27)28-4)25-22(26)20-13-16-12-18(8-9-19(16)24-20)29-17-7-5-6-15(3)11-17/h5-9,11-14,21,24H,10H2,1-4H3,(H,25,26)/t21-/m0/s1. The average Bonchev–Trinajstić information content (AvgIpc) is 3.10. The number of nitrogens with one attached hydrogen (secondary N) is 2. The van der Waals surface area contributed by atoms with Crippen LogP contribution in [0.5, 0.6) is 11.5 Å². The summed E-state index contributed by atoms with van der Waals surface area (Å²) in [6.45, 7) is 5.98. The summed E-state index contributed by atoms with van der Waals surface area (Å²) in [4.78, 5) is 27.7. The number of hydrogen-bond donors (Lipinski definition) is 2. The van der Waals surface area contributed by atoms with Crippen LogP contribution in [-0.2, 0) is 9.53 Å². The highest BCUT2D eigenvalue weighted by atomic mass is 16.5. The lowest BCUT2D eigenvalue weighted by Gasteiger charge is -2.17. The molecule has 6 heteroatoms. The Morgan fingerprint density at radius 3 is 2.52 bits per heavy atom. The SMILES string of the molecule is COC(=O)[C@H](CC(C)C)NC(=O)c1cc2cc(Oc3cccc(C)c3)ccc2[nH]1. The van der Waals surface area contributed by atoms with Crippen molar-refractivity contribution < 1.29 is 19.1 Å². The topological polar surface area (TPSA) is 80.4 Å². The normalized spacial score (nSPS) is 12.0. The molecule has 3 aromatic rings. The van der Waals surface area contributed by atoms with E-state index in [2.05, 4.69) is 10.3 Å². The van der Waals surface area contributed by atoms with E-state index in [1.165, 1.54) is 7.11 Å². The molecule has 1 aromatic heterocycles. The number of fused-ring (bicyclic) bond motifs is 1. The van der Waals surface area contributed by atoms with Crippen LogP contribution < -0.4 is 10.1 Å². The van der Waals surface area contributed by atoms with Gasteiger partial charge in [0.2, 0.25) is 0 Å². The van der Waals surface area contributed by atoms with Crippen molar-refractivity contribution in [2.75, 3.05) is 7.11 Å². The molecule has 0 radical (unpaired) electrons. The molecule has 2 N–H and O–H groups in total. The number of aryl methyl sites for hydroxylation is 1. The summed E-state index contributed by atoms with van der Waals surface area (Å²) >= 11 is 0. The second-order valence-electron chi connectivity index (χ2n) is 7.53. The second kappa shape index (κ2) is 8.82. The fourth-order valence-electron chi connectivity index (χ4n) is 3.18. The number of H-pyrrole nitrogens is 1. The number of hydrogen-bond acceptors (Lipinski definition) is 4. The molecule has 0 fully saturated rings. The smallest absolute Gasteiger partial charge is 0.328 e. The first kappa shape index (κ1) is 20.5. The molecule has 1 heterocycles. The van der Waals surface area contributed by atoms with Crippen LogP contribution in [0.4, 0.5) is 0 Å². The highest BCUT2D eigenvalue weighted by molar-refractivity contribution is 6.00. The van der Waals surface area contributed by atoms with E-state index in [0.29, 0.717) is 17.9 Å². The third-order valence-electron chi connectivity index (χ3n) is 4.56. The lowest BCUT2D eigenvalue weighted by molar-refractivity contribution is -0.143. The van der Waals surface area contributed by atoms with Gasteiger partial charge >= 0.3 is 5.97 Å². The van der Waals surface area contributed by atoms with Crippen LogP contribution in [0.2, 0.25) is 0 Å². The van der Waals surface area contributed by atoms with Crippen molar-refractivity contribution in [1.82, 2.24) is 10.3 Å². The molecule has 0 aliphatic carbocycles. The molecule has 0 saturated heterocycles. The van der Waals surface area contributed by atoms with Crippen LogP contribution in [0.15, 0.2) is 48.5 Å². The lowest BCUT2D eigenvalue weighted by Crippen LogP contribution is -2.42. The highest BCUT2D eigenvalue weighted by Gasteiger charge is 2.24. The molecule has 6 nitrogen and oxygen atoms in total. The number of rotatable bonds is 7. The Bertz CT molecular complexity index is 1020. The van der Waals surface area contributed by atoms with Crippen molar-refractivity contribution in [2.24, 2.45) is 5.92 Å². The Kier molecular flexibility index (Phi) is 6.22. The number of carbonyl (C=O) groups excluding carboxylic acids is 2. The molecule has 3 rings (SSSR count). The molecule has 29 heavy (non-hydrogen) atoms. The first-order valence-electron chi connectivity index (χ1n) is 9.61. The number of carbonyl (C=O) groups is 2. The summed E-state index contributed by atoms with van der Waals surface area (Å²) in [5.74, 6) is 0.882. The van der Waals surface area contributed by atoms with Crippen molar-refractivity contribution in [1.29, 1.82) is 0 Å². The Morgan fingerprint density at radius 1 is 1.07 bits per heavy atom. The first-order valence-corrected chi connectivity index (χ1v) is 9.61. The summed E-state index contributed by atoms with van der Waals surface area (Å²) in [5, 5.41) is 3.61. The van der Waals surface area contributed by atoms with E-state index >= 15 is 0 Å².